The summed E-state index contributed by atoms with van der Waals surface area (Å²) in [5.41, 5.74) is 1.16. The maximum atomic E-state index is 5.48. The lowest BCUT2D eigenvalue weighted by Crippen LogP contribution is -2.22. The Morgan fingerprint density at radius 3 is 2.80 bits per heavy atom. The Balaban J connectivity index is 1.82. The third-order valence-electron chi connectivity index (χ3n) is 2.40. The molecule has 0 radical (unpaired) electrons. The van der Waals surface area contributed by atoms with Gasteiger partial charge in [-0.2, -0.15) is 0 Å². The third-order valence-corrected chi connectivity index (χ3v) is 3.12. The molecule has 0 aromatic heterocycles. The van der Waals surface area contributed by atoms with Crippen LogP contribution in [-0.2, 0) is 4.74 Å². The van der Waals surface area contributed by atoms with E-state index in [1.165, 1.54) is 3.57 Å². The van der Waals surface area contributed by atoms with Crippen molar-refractivity contribution in [1.29, 1.82) is 0 Å². The van der Waals surface area contributed by atoms with Crippen LogP contribution in [0.15, 0.2) is 36.6 Å². The first kappa shape index (κ1) is 10.8. The largest absolute Gasteiger partial charge is 0.497 e. The molecule has 1 aliphatic heterocycles. The van der Waals surface area contributed by atoms with E-state index in [9.17, 15) is 0 Å². The van der Waals surface area contributed by atoms with Gasteiger partial charge in [-0.1, -0.05) is 0 Å². The maximum Gasteiger partial charge on any atom is 0.115 e. The Hall–Kier alpha value is -0.710. The van der Waals surface area contributed by atoms with Crippen LogP contribution in [0.1, 0.15) is 12.8 Å². The van der Waals surface area contributed by atoms with Crippen LogP contribution in [0.25, 0.3) is 0 Å². The number of anilines is 1. The Morgan fingerprint density at radius 2 is 2.13 bits per heavy atom. The van der Waals surface area contributed by atoms with Gasteiger partial charge in [0.2, 0.25) is 0 Å². The number of hydrogen-bond acceptors (Lipinski definition) is 2. The van der Waals surface area contributed by atoms with Crippen LogP contribution >= 0.6 is 22.6 Å². The molecule has 1 heterocycles. The van der Waals surface area contributed by atoms with Crippen molar-refractivity contribution in [3.8, 4) is 0 Å². The number of ether oxygens (including phenoxy) is 1. The monoisotopic (exact) mass is 315 g/mol. The van der Waals surface area contributed by atoms with Crippen molar-refractivity contribution >= 4 is 28.3 Å². The highest BCUT2D eigenvalue weighted by molar-refractivity contribution is 14.1. The average molecular weight is 315 g/mol. The lowest BCUT2D eigenvalue weighted by molar-refractivity contribution is 0.135. The molecule has 0 saturated carbocycles. The predicted molar refractivity (Wildman–Crippen MR) is 70.9 cm³/mol. The number of rotatable bonds is 3. The van der Waals surface area contributed by atoms with Crippen LogP contribution in [-0.4, -0.2) is 12.6 Å². The van der Waals surface area contributed by atoms with Gasteiger partial charge in [0.25, 0.3) is 0 Å². The third kappa shape index (κ3) is 3.41. The van der Waals surface area contributed by atoms with Crippen LogP contribution in [0.5, 0.6) is 0 Å². The summed E-state index contributed by atoms with van der Waals surface area (Å²) in [5, 5.41) is 3.38. The highest BCUT2D eigenvalue weighted by atomic mass is 127. The average Bonchev–Trinajstić information content (AvgIpc) is 2.30. The van der Waals surface area contributed by atoms with E-state index >= 15 is 0 Å². The summed E-state index contributed by atoms with van der Waals surface area (Å²) >= 11 is 2.31. The topological polar surface area (TPSA) is 21.3 Å². The van der Waals surface area contributed by atoms with E-state index in [0.29, 0.717) is 6.10 Å². The van der Waals surface area contributed by atoms with Gasteiger partial charge >= 0.3 is 0 Å². The zero-order chi connectivity index (χ0) is 10.5. The minimum absolute atomic E-state index is 0.314. The molecule has 3 heteroatoms. The summed E-state index contributed by atoms with van der Waals surface area (Å²) in [4.78, 5) is 0. The standard InChI is InChI=1S/C12H14INO/c13-10-4-6-11(7-5-10)14-9-12-3-1-2-8-15-12/h2,4-8,12,14H,1,3,9H2. The molecule has 0 bridgehead atoms. The van der Waals surface area contributed by atoms with E-state index in [2.05, 4.69) is 58.2 Å². The summed E-state index contributed by atoms with van der Waals surface area (Å²) in [6.45, 7) is 0.880. The molecule has 1 aromatic carbocycles. The molecule has 0 aliphatic carbocycles. The van der Waals surface area contributed by atoms with Gasteiger partial charge < -0.3 is 10.1 Å². The molecule has 2 nitrogen and oxygen atoms in total. The van der Waals surface area contributed by atoms with Crippen molar-refractivity contribution in [1.82, 2.24) is 0 Å². The maximum absolute atomic E-state index is 5.48. The van der Waals surface area contributed by atoms with E-state index in [0.717, 1.165) is 25.1 Å². The molecule has 1 aromatic rings. The van der Waals surface area contributed by atoms with E-state index in [1.54, 1.807) is 0 Å². The number of benzene rings is 1. The second-order valence-electron chi connectivity index (χ2n) is 3.60. The van der Waals surface area contributed by atoms with Gasteiger partial charge in [0, 0.05) is 9.26 Å². The first-order valence-corrected chi connectivity index (χ1v) is 6.22. The van der Waals surface area contributed by atoms with Crippen LogP contribution < -0.4 is 5.32 Å². The zero-order valence-corrected chi connectivity index (χ0v) is 10.6. The molecule has 0 amide bonds. The lowest BCUT2D eigenvalue weighted by atomic mass is 10.1. The van der Waals surface area contributed by atoms with E-state index in [1.807, 2.05) is 6.26 Å². The molecule has 1 unspecified atom stereocenters. The molecular weight excluding hydrogens is 301 g/mol. The number of nitrogens with one attached hydrogen (secondary N) is 1. The van der Waals surface area contributed by atoms with Crippen LogP contribution in [0.2, 0.25) is 0 Å². The second kappa shape index (κ2) is 5.39. The molecular formula is C12H14INO. The first-order chi connectivity index (χ1) is 7.34. The van der Waals surface area contributed by atoms with Crippen molar-refractivity contribution in [3.05, 3.63) is 40.2 Å². The highest BCUT2D eigenvalue weighted by Crippen LogP contribution is 2.14. The van der Waals surface area contributed by atoms with Crippen LogP contribution in [0.3, 0.4) is 0 Å². The minimum Gasteiger partial charge on any atom is -0.497 e. The summed E-state index contributed by atoms with van der Waals surface area (Å²) in [6.07, 6.45) is 6.42. The molecule has 1 aliphatic rings. The fourth-order valence-corrected chi connectivity index (χ4v) is 1.89. The van der Waals surface area contributed by atoms with E-state index in [-0.39, 0.29) is 0 Å². The van der Waals surface area contributed by atoms with Crippen molar-refractivity contribution in [2.75, 3.05) is 11.9 Å². The van der Waals surface area contributed by atoms with E-state index < -0.39 is 0 Å². The van der Waals surface area contributed by atoms with Crippen molar-refractivity contribution in [2.24, 2.45) is 0 Å². The van der Waals surface area contributed by atoms with Gasteiger partial charge in [0.1, 0.15) is 6.10 Å². The predicted octanol–water partition coefficient (Wildman–Crippen LogP) is 3.40. The number of hydrogen-bond donors (Lipinski definition) is 1. The normalized spacial score (nSPS) is 19.7. The minimum atomic E-state index is 0.314. The summed E-state index contributed by atoms with van der Waals surface area (Å²) in [7, 11) is 0. The SMILES string of the molecule is Ic1ccc(NCC2CCC=CO2)cc1. The van der Waals surface area contributed by atoms with Crippen molar-refractivity contribution in [2.45, 2.75) is 18.9 Å². The summed E-state index contributed by atoms with van der Waals surface area (Å²) in [6, 6.07) is 8.40. The molecule has 0 fully saturated rings. The van der Waals surface area contributed by atoms with Gasteiger partial charge in [-0.15, -0.1) is 0 Å². The quantitative estimate of drug-likeness (QED) is 0.863. The molecule has 0 saturated heterocycles. The second-order valence-corrected chi connectivity index (χ2v) is 4.84. The summed E-state index contributed by atoms with van der Waals surface area (Å²) < 4.78 is 6.74. The molecule has 1 N–H and O–H groups in total. The molecule has 2 rings (SSSR count). The van der Waals surface area contributed by atoms with Gasteiger partial charge in [0.05, 0.1) is 12.8 Å². The van der Waals surface area contributed by atoms with Crippen LogP contribution in [0, 0.1) is 3.57 Å². The van der Waals surface area contributed by atoms with Gasteiger partial charge in [0.15, 0.2) is 0 Å². The number of allylic oxidation sites excluding steroid dienone is 1. The fraction of sp³-hybridized carbons (Fsp3) is 0.333. The van der Waals surface area contributed by atoms with Crippen molar-refractivity contribution < 1.29 is 4.74 Å². The Morgan fingerprint density at radius 1 is 1.33 bits per heavy atom. The molecule has 80 valence electrons. The molecule has 15 heavy (non-hydrogen) atoms. The van der Waals surface area contributed by atoms with Crippen LogP contribution in [0.4, 0.5) is 5.69 Å². The highest BCUT2D eigenvalue weighted by Gasteiger charge is 2.09. The Kier molecular flexibility index (Phi) is 3.88. The molecule has 0 spiro atoms. The summed E-state index contributed by atoms with van der Waals surface area (Å²) in [5.74, 6) is 0. The number of halogens is 1. The first-order valence-electron chi connectivity index (χ1n) is 5.14. The van der Waals surface area contributed by atoms with Gasteiger partial charge in [-0.05, 0) is 65.8 Å². The zero-order valence-electron chi connectivity index (χ0n) is 8.45. The van der Waals surface area contributed by atoms with Crippen molar-refractivity contribution in [3.63, 3.8) is 0 Å². The smallest absolute Gasteiger partial charge is 0.115 e. The Labute approximate surface area is 104 Å². The lowest BCUT2D eigenvalue weighted by Gasteiger charge is -2.20. The molecule has 1 atom stereocenters. The van der Waals surface area contributed by atoms with Gasteiger partial charge in [-0.3, -0.25) is 0 Å². The Bertz CT molecular complexity index is 334. The fourth-order valence-electron chi connectivity index (χ4n) is 1.53. The van der Waals surface area contributed by atoms with E-state index in [4.69, 9.17) is 4.74 Å². The van der Waals surface area contributed by atoms with Gasteiger partial charge in [-0.25, -0.2) is 0 Å².